The van der Waals surface area contributed by atoms with Crippen molar-refractivity contribution in [3.8, 4) is 11.5 Å². The first-order valence-corrected chi connectivity index (χ1v) is 10.1. The van der Waals surface area contributed by atoms with E-state index in [-0.39, 0.29) is 17.4 Å². The van der Waals surface area contributed by atoms with Crippen molar-refractivity contribution in [3.05, 3.63) is 64.7 Å². The van der Waals surface area contributed by atoms with Crippen LogP contribution in [0.4, 0.5) is 5.69 Å². The molecule has 0 atom stereocenters. The van der Waals surface area contributed by atoms with Gasteiger partial charge in [0, 0.05) is 11.4 Å². The van der Waals surface area contributed by atoms with E-state index in [2.05, 4.69) is 17.2 Å². The van der Waals surface area contributed by atoms with Crippen molar-refractivity contribution in [1.29, 1.82) is 0 Å². The summed E-state index contributed by atoms with van der Waals surface area (Å²) in [5, 5.41) is 6.79. The van der Waals surface area contributed by atoms with Crippen LogP contribution in [-0.2, 0) is 4.79 Å². The van der Waals surface area contributed by atoms with Gasteiger partial charge in [-0.2, -0.15) is 0 Å². The largest absolute Gasteiger partial charge is 0.492 e. The predicted octanol–water partition coefficient (Wildman–Crippen LogP) is 5.62. The predicted molar refractivity (Wildman–Crippen MR) is 122 cm³/mol. The number of carbonyl (C=O) groups excluding carboxylic acids is 1. The average Bonchev–Trinajstić information content (AvgIpc) is 2.65. The maximum Gasteiger partial charge on any atom is 0.226 e. The van der Waals surface area contributed by atoms with Crippen molar-refractivity contribution in [2.75, 3.05) is 18.5 Å². The number of halogens is 2. The van der Waals surface area contributed by atoms with Gasteiger partial charge in [0.15, 0.2) is 5.11 Å². The SMILES string of the molecule is C=C(C)COc1ccccc1NC(=S)NC(=O)CCCOc1ccc(Cl)cc1Cl. The van der Waals surface area contributed by atoms with Gasteiger partial charge in [-0.1, -0.05) is 41.9 Å². The van der Waals surface area contributed by atoms with Crippen molar-refractivity contribution >= 4 is 52.1 Å². The second-order valence-corrected chi connectivity index (χ2v) is 7.52. The zero-order valence-corrected chi connectivity index (χ0v) is 18.3. The molecule has 0 spiro atoms. The minimum Gasteiger partial charge on any atom is -0.492 e. The number of nitrogens with one attached hydrogen (secondary N) is 2. The Morgan fingerprint density at radius 3 is 2.62 bits per heavy atom. The zero-order valence-electron chi connectivity index (χ0n) is 16.0. The second kappa shape index (κ2) is 11.7. The van der Waals surface area contributed by atoms with Gasteiger partial charge >= 0.3 is 0 Å². The highest BCUT2D eigenvalue weighted by Gasteiger charge is 2.09. The lowest BCUT2D eigenvalue weighted by atomic mass is 10.3. The molecule has 2 aromatic carbocycles. The Balaban J connectivity index is 1.75. The lowest BCUT2D eigenvalue weighted by molar-refractivity contribution is -0.119. The zero-order chi connectivity index (χ0) is 21.2. The first-order valence-electron chi connectivity index (χ1n) is 8.90. The summed E-state index contributed by atoms with van der Waals surface area (Å²) in [4.78, 5) is 12.1. The maximum absolute atomic E-state index is 12.1. The first kappa shape index (κ1) is 23.0. The van der Waals surface area contributed by atoms with E-state index in [1.165, 1.54) is 0 Å². The first-order chi connectivity index (χ1) is 13.8. The summed E-state index contributed by atoms with van der Waals surface area (Å²) in [6.07, 6.45) is 0.756. The fourth-order valence-corrected chi connectivity index (χ4v) is 2.93. The maximum atomic E-state index is 12.1. The molecule has 1 amide bonds. The summed E-state index contributed by atoms with van der Waals surface area (Å²) in [7, 11) is 0. The molecule has 2 rings (SSSR count). The highest BCUT2D eigenvalue weighted by Crippen LogP contribution is 2.27. The van der Waals surface area contributed by atoms with Crippen LogP contribution >= 0.6 is 35.4 Å². The third kappa shape index (κ3) is 8.31. The molecule has 0 saturated heterocycles. The standard InChI is InChI=1S/C21H22Cl2N2O3S/c1-14(2)13-28-19-7-4-3-6-17(19)24-21(29)25-20(26)8-5-11-27-18-10-9-15(22)12-16(18)23/h3-4,6-7,9-10,12H,1,5,8,11,13H2,2H3,(H2,24,25,26,29). The van der Waals surface area contributed by atoms with Gasteiger partial charge in [0.1, 0.15) is 18.1 Å². The molecular weight excluding hydrogens is 431 g/mol. The van der Waals surface area contributed by atoms with Crippen LogP contribution in [0.5, 0.6) is 11.5 Å². The molecule has 0 aliphatic heterocycles. The summed E-state index contributed by atoms with van der Waals surface area (Å²) in [6.45, 7) is 6.43. The van der Waals surface area contributed by atoms with Crippen molar-refractivity contribution < 1.29 is 14.3 Å². The van der Waals surface area contributed by atoms with E-state index < -0.39 is 0 Å². The molecule has 0 saturated carbocycles. The van der Waals surface area contributed by atoms with Crippen LogP contribution in [0.25, 0.3) is 0 Å². The molecular formula is C21H22Cl2N2O3S. The molecule has 0 fully saturated rings. The van der Waals surface area contributed by atoms with Gasteiger partial charge < -0.3 is 20.1 Å². The van der Waals surface area contributed by atoms with Gasteiger partial charge in [0.2, 0.25) is 5.91 Å². The van der Waals surface area contributed by atoms with Gasteiger partial charge in [-0.25, -0.2) is 0 Å². The molecule has 8 heteroatoms. The van der Waals surface area contributed by atoms with Crippen LogP contribution in [-0.4, -0.2) is 24.2 Å². The van der Waals surface area contributed by atoms with Crippen LogP contribution in [0.1, 0.15) is 19.8 Å². The van der Waals surface area contributed by atoms with E-state index in [4.69, 9.17) is 44.9 Å². The minimum atomic E-state index is -0.214. The number of hydrogen-bond donors (Lipinski definition) is 2. The van der Waals surface area contributed by atoms with Crippen molar-refractivity contribution in [2.45, 2.75) is 19.8 Å². The number of anilines is 1. The average molecular weight is 453 g/mol. The molecule has 0 heterocycles. The molecule has 154 valence electrons. The number of carbonyl (C=O) groups is 1. The summed E-state index contributed by atoms with van der Waals surface area (Å²) >= 11 is 17.1. The Labute approximate surface area is 186 Å². The van der Waals surface area contributed by atoms with Gasteiger partial charge in [0.25, 0.3) is 0 Å². The third-order valence-electron chi connectivity index (χ3n) is 3.56. The molecule has 2 N–H and O–H groups in total. The molecule has 0 bridgehead atoms. The molecule has 2 aromatic rings. The smallest absolute Gasteiger partial charge is 0.226 e. The molecule has 0 aliphatic rings. The summed E-state index contributed by atoms with van der Waals surface area (Å²) in [5.74, 6) is 0.939. The highest BCUT2D eigenvalue weighted by atomic mass is 35.5. The van der Waals surface area contributed by atoms with E-state index in [1.54, 1.807) is 18.2 Å². The Bertz CT molecular complexity index is 890. The number of thiocarbonyl (C=S) groups is 1. The number of para-hydroxylation sites is 2. The number of benzene rings is 2. The lowest BCUT2D eigenvalue weighted by Gasteiger charge is -2.14. The lowest BCUT2D eigenvalue weighted by Crippen LogP contribution is -2.34. The summed E-state index contributed by atoms with van der Waals surface area (Å²) in [6, 6.07) is 12.3. The van der Waals surface area contributed by atoms with Crippen LogP contribution in [0.15, 0.2) is 54.6 Å². The number of rotatable bonds is 9. The van der Waals surface area contributed by atoms with E-state index in [0.29, 0.717) is 46.9 Å². The highest BCUT2D eigenvalue weighted by molar-refractivity contribution is 7.80. The van der Waals surface area contributed by atoms with Crippen LogP contribution < -0.4 is 20.1 Å². The van der Waals surface area contributed by atoms with Gasteiger partial charge in [-0.15, -0.1) is 0 Å². The third-order valence-corrected chi connectivity index (χ3v) is 4.30. The quantitative estimate of drug-likeness (QED) is 0.293. The molecule has 0 unspecified atom stereocenters. The van der Waals surface area contributed by atoms with Crippen LogP contribution in [0.3, 0.4) is 0 Å². The number of ether oxygens (including phenoxy) is 2. The monoisotopic (exact) mass is 452 g/mol. The second-order valence-electron chi connectivity index (χ2n) is 6.27. The normalized spacial score (nSPS) is 10.2. The van der Waals surface area contributed by atoms with Gasteiger partial charge in [-0.05, 0) is 61.5 Å². The Morgan fingerprint density at radius 2 is 1.90 bits per heavy atom. The summed E-state index contributed by atoms with van der Waals surface area (Å²) in [5.41, 5.74) is 1.57. The molecule has 29 heavy (non-hydrogen) atoms. The molecule has 0 radical (unpaired) electrons. The van der Waals surface area contributed by atoms with E-state index in [1.807, 2.05) is 31.2 Å². The fraction of sp³-hybridized carbons (Fsp3) is 0.238. The Kier molecular flexibility index (Phi) is 9.25. The van der Waals surface area contributed by atoms with Gasteiger partial charge in [0.05, 0.1) is 17.3 Å². The van der Waals surface area contributed by atoms with Crippen LogP contribution in [0.2, 0.25) is 10.0 Å². The number of hydrogen-bond acceptors (Lipinski definition) is 4. The van der Waals surface area contributed by atoms with Crippen molar-refractivity contribution in [3.63, 3.8) is 0 Å². The van der Waals surface area contributed by atoms with Gasteiger partial charge in [-0.3, -0.25) is 4.79 Å². The van der Waals surface area contributed by atoms with Crippen molar-refractivity contribution in [2.24, 2.45) is 0 Å². The molecule has 0 aliphatic carbocycles. The van der Waals surface area contributed by atoms with E-state index in [9.17, 15) is 4.79 Å². The topological polar surface area (TPSA) is 59.6 Å². The van der Waals surface area contributed by atoms with E-state index in [0.717, 1.165) is 5.57 Å². The fourth-order valence-electron chi connectivity index (χ4n) is 2.25. The Hall–Kier alpha value is -2.28. The number of amides is 1. The van der Waals surface area contributed by atoms with Crippen molar-refractivity contribution in [1.82, 2.24) is 5.32 Å². The summed E-state index contributed by atoms with van der Waals surface area (Å²) < 4.78 is 11.2. The minimum absolute atomic E-state index is 0.197. The van der Waals surface area contributed by atoms with E-state index >= 15 is 0 Å². The molecule has 5 nitrogen and oxygen atoms in total. The van der Waals surface area contributed by atoms with Crippen LogP contribution in [0, 0.1) is 0 Å². The molecule has 0 aromatic heterocycles. The Morgan fingerprint density at radius 1 is 1.14 bits per heavy atom.